The molecule has 0 unspecified atom stereocenters. The van der Waals surface area contributed by atoms with Gasteiger partial charge in [0, 0.05) is 38.4 Å². The number of anilines is 1. The third kappa shape index (κ3) is 3.33. The van der Waals surface area contributed by atoms with Crippen molar-refractivity contribution < 1.29 is 4.52 Å². The van der Waals surface area contributed by atoms with Crippen molar-refractivity contribution in [2.24, 2.45) is 0 Å². The first-order valence-corrected chi connectivity index (χ1v) is 6.60. The summed E-state index contributed by atoms with van der Waals surface area (Å²) in [6.07, 6.45) is 4.83. The van der Waals surface area contributed by atoms with Crippen molar-refractivity contribution >= 4 is 6.01 Å². The second-order valence-corrected chi connectivity index (χ2v) is 5.03. The van der Waals surface area contributed by atoms with E-state index in [1.807, 2.05) is 31.3 Å². The van der Waals surface area contributed by atoms with Crippen LogP contribution in [0.2, 0.25) is 0 Å². The highest BCUT2D eigenvalue weighted by atomic mass is 16.5. The molecule has 0 atom stereocenters. The molecule has 0 amide bonds. The molecule has 0 aliphatic rings. The molecule has 0 bridgehead atoms. The van der Waals surface area contributed by atoms with Crippen LogP contribution < -0.4 is 4.90 Å². The molecule has 0 radical (unpaired) electrons. The number of imidazole rings is 1. The minimum atomic E-state index is 0.291. The first-order chi connectivity index (χ1) is 9.08. The summed E-state index contributed by atoms with van der Waals surface area (Å²) < 4.78 is 7.38. The fourth-order valence-corrected chi connectivity index (χ4v) is 1.83. The summed E-state index contributed by atoms with van der Waals surface area (Å²) in [6, 6.07) is 0.589. The monoisotopic (exact) mass is 263 g/mol. The summed E-state index contributed by atoms with van der Waals surface area (Å²) in [5.41, 5.74) is 0. The van der Waals surface area contributed by atoms with Crippen LogP contribution in [0.15, 0.2) is 16.9 Å². The molecule has 0 saturated carbocycles. The zero-order valence-electron chi connectivity index (χ0n) is 12.0. The fourth-order valence-electron chi connectivity index (χ4n) is 1.83. The fraction of sp³-hybridized carbons (Fsp3) is 0.615. The lowest BCUT2D eigenvalue weighted by molar-refractivity contribution is 0.406. The van der Waals surface area contributed by atoms with E-state index in [0.717, 1.165) is 31.2 Å². The minimum absolute atomic E-state index is 0.291. The predicted molar refractivity (Wildman–Crippen MR) is 73.2 cm³/mol. The molecular formula is C13H21N5O. The van der Waals surface area contributed by atoms with Crippen LogP contribution in [-0.4, -0.2) is 33.3 Å². The quantitative estimate of drug-likeness (QED) is 0.799. The highest BCUT2D eigenvalue weighted by Crippen LogP contribution is 2.15. The van der Waals surface area contributed by atoms with E-state index in [0.29, 0.717) is 11.9 Å². The van der Waals surface area contributed by atoms with Crippen molar-refractivity contribution in [3.63, 3.8) is 0 Å². The van der Waals surface area contributed by atoms with Gasteiger partial charge in [0.15, 0.2) is 5.82 Å². The van der Waals surface area contributed by atoms with E-state index in [4.69, 9.17) is 4.52 Å². The Kier molecular flexibility index (Phi) is 4.19. The van der Waals surface area contributed by atoms with E-state index in [1.165, 1.54) is 0 Å². The molecule has 6 heteroatoms. The number of hydrogen-bond donors (Lipinski definition) is 0. The molecule has 2 heterocycles. The van der Waals surface area contributed by atoms with Crippen molar-refractivity contribution in [3.05, 3.63) is 24.0 Å². The zero-order chi connectivity index (χ0) is 13.8. The van der Waals surface area contributed by atoms with Crippen molar-refractivity contribution in [2.75, 3.05) is 18.5 Å². The summed E-state index contributed by atoms with van der Waals surface area (Å²) >= 11 is 0. The van der Waals surface area contributed by atoms with Crippen molar-refractivity contribution in [1.29, 1.82) is 0 Å². The van der Waals surface area contributed by atoms with Gasteiger partial charge in [-0.3, -0.25) is 0 Å². The largest absolute Gasteiger partial charge is 0.335 e. The van der Waals surface area contributed by atoms with E-state index in [9.17, 15) is 0 Å². The Morgan fingerprint density at radius 1 is 1.42 bits per heavy atom. The molecule has 0 N–H and O–H groups in total. The minimum Gasteiger partial charge on any atom is -0.335 e. The smallest absolute Gasteiger partial charge is 0.323 e. The maximum absolute atomic E-state index is 5.24. The topological polar surface area (TPSA) is 60.0 Å². The highest BCUT2D eigenvalue weighted by molar-refractivity contribution is 5.23. The van der Waals surface area contributed by atoms with Crippen LogP contribution in [0.25, 0.3) is 0 Å². The molecule has 0 aliphatic carbocycles. The Bertz CT molecular complexity index is 517. The maximum atomic E-state index is 5.24. The van der Waals surface area contributed by atoms with Gasteiger partial charge >= 0.3 is 6.01 Å². The Balaban J connectivity index is 1.83. The second kappa shape index (κ2) is 5.86. The summed E-state index contributed by atoms with van der Waals surface area (Å²) in [4.78, 5) is 10.6. The highest BCUT2D eigenvalue weighted by Gasteiger charge is 2.12. The van der Waals surface area contributed by atoms with E-state index in [1.54, 1.807) is 0 Å². The van der Waals surface area contributed by atoms with Crippen LogP contribution >= 0.6 is 0 Å². The average Bonchev–Trinajstić information content (AvgIpc) is 2.98. The molecule has 19 heavy (non-hydrogen) atoms. The Labute approximate surface area is 113 Å². The van der Waals surface area contributed by atoms with Gasteiger partial charge in [-0.05, 0) is 13.3 Å². The van der Waals surface area contributed by atoms with Crippen molar-refractivity contribution in [2.45, 2.75) is 39.7 Å². The Morgan fingerprint density at radius 3 is 2.79 bits per heavy atom. The molecular weight excluding hydrogens is 242 g/mol. The summed E-state index contributed by atoms with van der Waals surface area (Å²) in [7, 11) is 1.97. The van der Waals surface area contributed by atoms with Gasteiger partial charge in [0.1, 0.15) is 5.82 Å². The average molecular weight is 263 g/mol. The third-order valence-corrected chi connectivity index (χ3v) is 3.09. The molecule has 0 aromatic carbocycles. The lowest BCUT2D eigenvalue weighted by Gasteiger charge is -2.13. The van der Waals surface area contributed by atoms with Gasteiger partial charge in [-0.25, -0.2) is 4.98 Å². The molecule has 0 fully saturated rings. The van der Waals surface area contributed by atoms with E-state index in [-0.39, 0.29) is 0 Å². The first kappa shape index (κ1) is 13.6. The molecule has 0 aliphatic heterocycles. The maximum Gasteiger partial charge on any atom is 0.323 e. The standard InChI is InChI=1S/C13H21N5O/c1-10(2)12-15-13(19-16-12)17(4)7-5-8-18-9-6-14-11(18)3/h6,9-10H,5,7-8H2,1-4H3. The number of rotatable bonds is 6. The van der Waals surface area contributed by atoms with Gasteiger partial charge < -0.3 is 14.0 Å². The number of aryl methyl sites for hydroxylation is 2. The van der Waals surface area contributed by atoms with Crippen molar-refractivity contribution in [1.82, 2.24) is 19.7 Å². The van der Waals surface area contributed by atoms with E-state index < -0.39 is 0 Å². The van der Waals surface area contributed by atoms with Gasteiger partial charge in [-0.15, -0.1) is 0 Å². The lowest BCUT2D eigenvalue weighted by Crippen LogP contribution is -2.20. The predicted octanol–water partition coefficient (Wildman–Crippen LogP) is 2.22. The number of nitrogens with zero attached hydrogens (tertiary/aromatic N) is 5. The van der Waals surface area contributed by atoms with Crippen LogP contribution in [0.4, 0.5) is 6.01 Å². The van der Waals surface area contributed by atoms with Gasteiger partial charge in [0.2, 0.25) is 0 Å². The van der Waals surface area contributed by atoms with Crippen LogP contribution in [0.3, 0.4) is 0 Å². The summed E-state index contributed by atoms with van der Waals surface area (Å²) in [5, 5.41) is 3.97. The van der Waals surface area contributed by atoms with Crippen LogP contribution in [0.5, 0.6) is 0 Å². The zero-order valence-corrected chi connectivity index (χ0v) is 12.0. The van der Waals surface area contributed by atoms with E-state index >= 15 is 0 Å². The second-order valence-electron chi connectivity index (χ2n) is 5.03. The van der Waals surface area contributed by atoms with Gasteiger partial charge in [0.05, 0.1) is 0 Å². The van der Waals surface area contributed by atoms with Gasteiger partial charge in [-0.2, -0.15) is 4.98 Å². The molecule has 2 aromatic heterocycles. The van der Waals surface area contributed by atoms with Crippen LogP contribution in [-0.2, 0) is 6.54 Å². The third-order valence-electron chi connectivity index (χ3n) is 3.09. The Morgan fingerprint density at radius 2 is 2.21 bits per heavy atom. The first-order valence-electron chi connectivity index (χ1n) is 6.60. The number of hydrogen-bond acceptors (Lipinski definition) is 5. The lowest BCUT2D eigenvalue weighted by atomic mass is 10.2. The molecule has 0 spiro atoms. The molecule has 6 nitrogen and oxygen atoms in total. The number of aromatic nitrogens is 4. The Hall–Kier alpha value is -1.85. The van der Waals surface area contributed by atoms with Gasteiger partial charge in [0.25, 0.3) is 0 Å². The normalized spacial score (nSPS) is 11.2. The SMILES string of the molecule is Cc1nccn1CCCN(C)c1nc(C(C)C)no1. The van der Waals surface area contributed by atoms with Crippen molar-refractivity contribution in [3.8, 4) is 0 Å². The van der Waals surface area contributed by atoms with E-state index in [2.05, 4.69) is 33.5 Å². The summed E-state index contributed by atoms with van der Waals surface area (Å²) in [6.45, 7) is 7.93. The van der Waals surface area contributed by atoms with Crippen LogP contribution in [0.1, 0.15) is 37.8 Å². The van der Waals surface area contributed by atoms with Gasteiger partial charge in [-0.1, -0.05) is 19.0 Å². The van der Waals surface area contributed by atoms with Crippen LogP contribution in [0, 0.1) is 6.92 Å². The molecule has 104 valence electrons. The summed E-state index contributed by atoms with van der Waals surface area (Å²) in [5.74, 6) is 2.09. The molecule has 0 saturated heterocycles. The molecule has 2 rings (SSSR count). The molecule has 2 aromatic rings.